The third kappa shape index (κ3) is 7.83. The van der Waals surface area contributed by atoms with Crippen LogP contribution in [0.5, 0.6) is 11.6 Å². The molecule has 2 N–H and O–H groups in total. The predicted molar refractivity (Wildman–Crippen MR) is 159 cm³/mol. The summed E-state index contributed by atoms with van der Waals surface area (Å²) in [6, 6.07) is 15.7. The molecule has 0 spiro atoms. The van der Waals surface area contributed by atoms with E-state index in [0.29, 0.717) is 35.2 Å². The molecular formula is C29H32FN7O4S. The Labute approximate surface area is 244 Å². The van der Waals surface area contributed by atoms with Gasteiger partial charge in [-0.25, -0.2) is 22.6 Å². The second-order valence-electron chi connectivity index (χ2n) is 10.2. The van der Waals surface area contributed by atoms with Gasteiger partial charge in [0.15, 0.2) is 0 Å². The number of halogens is 1. The van der Waals surface area contributed by atoms with Crippen molar-refractivity contribution in [1.29, 1.82) is 0 Å². The van der Waals surface area contributed by atoms with Gasteiger partial charge in [0.25, 0.3) is 0 Å². The molecule has 13 heteroatoms. The Balaban J connectivity index is 1.16. The second kappa shape index (κ2) is 12.6. The summed E-state index contributed by atoms with van der Waals surface area (Å²) in [5.41, 5.74) is 2.71. The minimum atomic E-state index is -3.34. The van der Waals surface area contributed by atoms with Gasteiger partial charge in [-0.15, -0.1) is 0 Å². The number of nitrogens with zero attached hydrogens (tertiary/aromatic N) is 5. The van der Waals surface area contributed by atoms with E-state index in [9.17, 15) is 17.6 Å². The molecule has 1 aliphatic heterocycles. The highest BCUT2D eigenvalue weighted by Gasteiger charge is 2.30. The van der Waals surface area contributed by atoms with Gasteiger partial charge in [-0.05, 0) is 66.9 Å². The average molecular weight is 594 g/mol. The molecule has 0 saturated carbocycles. The van der Waals surface area contributed by atoms with E-state index >= 15 is 0 Å². The van der Waals surface area contributed by atoms with Crippen LogP contribution in [-0.2, 0) is 23.6 Å². The average Bonchev–Trinajstić information content (AvgIpc) is 3.38. The maximum atomic E-state index is 13.3. The summed E-state index contributed by atoms with van der Waals surface area (Å²) in [7, 11) is -1.54. The lowest BCUT2D eigenvalue weighted by Gasteiger charge is -2.38. The van der Waals surface area contributed by atoms with E-state index in [2.05, 4.69) is 25.0 Å². The number of aromatic nitrogens is 3. The summed E-state index contributed by atoms with van der Waals surface area (Å²) in [5.74, 6) is 0.608. The van der Waals surface area contributed by atoms with Crippen LogP contribution >= 0.6 is 0 Å². The molecule has 0 unspecified atom stereocenters. The van der Waals surface area contributed by atoms with Crippen LogP contribution in [0.15, 0.2) is 79.3 Å². The molecule has 4 aromatic rings. The molecule has 42 heavy (non-hydrogen) atoms. The molecule has 1 saturated heterocycles. The Morgan fingerprint density at radius 2 is 1.71 bits per heavy atom. The fourth-order valence-corrected chi connectivity index (χ4v) is 5.39. The zero-order valence-corrected chi connectivity index (χ0v) is 24.1. The van der Waals surface area contributed by atoms with Crippen LogP contribution in [0.2, 0.25) is 0 Å². The Morgan fingerprint density at radius 1 is 1.02 bits per heavy atom. The number of hydrogen-bond acceptors (Lipinski definition) is 7. The first kappa shape index (κ1) is 29.0. The van der Waals surface area contributed by atoms with Crippen molar-refractivity contribution in [2.45, 2.75) is 25.4 Å². The topological polar surface area (TPSA) is 122 Å². The number of urea groups is 1. The Hall–Kier alpha value is -4.49. The number of likely N-dealkylation sites (tertiary alicyclic amines) is 1. The van der Waals surface area contributed by atoms with Crippen LogP contribution in [0.25, 0.3) is 0 Å². The number of carbonyl (C=O) groups is 1. The molecule has 11 nitrogen and oxygen atoms in total. The maximum absolute atomic E-state index is 13.3. The maximum Gasteiger partial charge on any atom is 0.326 e. The van der Waals surface area contributed by atoms with Crippen LogP contribution in [0.3, 0.4) is 0 Å². The van der Waals surface area contributed by atoms with Crippen molar-refractivity contribution in [3.63, 3.8) is 0 Å². The number of aryl methyl sites for hydroxylation is 1. The molecule has 0 atom stereocenters. The van der Waals surface area contributed by atoms with E-state index in [0.717, 1.165) is 37.8 Å². The van der Waals surface area contributed by atoms with E-state index < -0.39 is 10.0 Å². The number of sulfonamides is 1. The normalized spacial score (nSPS) is 14.4. The lowest BCUT2D eigenvalue weighted by atomic mass is 10.0. The minimum absolute atomic E-state index is 0.0289. The largest absolute Gasteiger partial charge is 0.439 e. The molecule has 2 amide bonds. The Kier molecular flexibility index (Phi) is 8.69. The fraction of sp³-hybridized carbons (Fsp3) is 0.276. The molecular weight excluding hydrogens is 561 g/mol. The van der Waals surface area contributed by atoms with Crippen LogP contribution < -0.4 is 19.7 Å². The lowest BCUT2D eigenvalue weighted by Crippen LogP contribution is -2.49. The van der Waals surface area contributed by atoms with Crippen molar-refractivity contribution in [1.82, 2.24) is 19.7 Å². The monoisotopic (exact) mass is 593 g/mol. The molecule has 3 heterocycles. The third-order valence-electron chi connectivity index (χ3n) is 6.79. The van der Waals surface area contributed by atoms with E-state index in [1.165, 1.54) is 24.3 Å². The van der Waals surface area contributed by atoms with Gasteiger partial charge in [0, 0.05) is 62.6 Å². The van der Waals surface area contributed by atoms with Crippen molar-refractivity contribution >= 4 is 33.1 Å². The van der Waals surface area contributed by atoms with Gasteiger partial charge in [0.1, 0.15) is 11.6 Å². The van der Waals surface area contributed by atoms with Gasteiger partial charge in [-0.1, -0.05) is 6.07 Å². The van der Waals surface area contributed by atoms with Crippen molar-refractivity contribution in [3.05, 3.63) is 90.6 Å². The summed E-state index contributed by atoms with van der Waals surface area (Å²) in [6.07, 6.45) is 7.90. The number of rotatable bonds is 9. The van der Waals surface area contributed by atoms with Crippen molar-refractivity contribution in [3.8, 4) is 11.6 Å². The number of anilines is 3. The number of amides is 2. The number of ether oxygens (including phenoxy) is 1. The molecule has 2 aromatic heterocycles. The van der Waals surface area contributed by atoms with Gasteiger partial charge < -0.3 is 10.1 Å². The van der Waals surface area contributed by atoms with Crippen LogP contribution in [-0.4, -0.2) is 59.5 Å². The van der Waals surface area contributed by atoms with Gasteiger partial charge in [0.2, 0.25) is 15.9 Å². The SMILES string of the molecule is Cn1cc(N(C(=O)Nc2ccc(F)cc2)C2CCN(Cc3ccc(Oc4ccc(NS(C)(=O)=O)cc4)nc3)CC2)cn1. The fourth-order valence-electron chi connectivity index (χ4n) is 4.83. The first-order chi connectivity index (χ1) is 20.1. The summed E-state index contributed by atoms with van der Waals surface area (Å²) < 4.78 is 45.9. The summed E-state index contributed by atoms with van der Waals surface area (Å²) >= 11 is 0. The molecule has 0 bridgehead atoms. The number of nitrogens with one attached hydrogen (secondary N) is 2. The van der Waals surface area contributed by atoms with E-state index in [-0.39, 0.29) is 17.9 Å². The number of benzene rings is 2. The van der Waals surface area contributed by atoms with Crippen molar-refractivity contribution in [2.24, 2.45) is 7.05 Å². The van der Waals surface area contributed by atoms with E-state index in [1.807, 2.05) is 19.3 Å². The number of piperidine rings is 1. The lowest BCUT2D eigenvalue weighted by molar-refractivity contribution is 0.199. The van der Waals surface area contributed by atoms with Gasteiger partial charge in [-0.3, -0.25) is 19.2 Å². The summed E-state index contributed by atoms with van der Waals surface area (Å²) in [6.45, 7) is 2.29. The molecule has 1 aliphatic rings. The smallest absolute Gasteiger partial charge is 0.326 e. The minimum Gasteiger partial charge on any atom is -0.439 e. The summed E-state index contributed by atoms with van der Waals surface area (Å²) in [4.78, 5) is 21.8. The van der Waals surface area contributed by atoms with Gasteiger partial charge in [-0.2, -0.15) is 5.10 Å². The molecule has 220 valence electrons. The summed E-state index contributed by atoms with van der Waals surface area (Å²) in [5, 5.41) is 7.13. The van der Waals surface area contributed by atoms with Gasteiger partial charge >= 0.3 is 6.03 Å². The highest BCUT2D eigenvalue weighted by molar-refractivity contribution is 7.92. The second-order valence-corrected chi connectivity index (χ2v) is 11.9. The quantitative estimate of drug-likeness (QED) is 0.285. The van der Waals surface area contributed by atoms with Gasteiger partial charge in [0.05, 0.1) is 18.1 Å². The highest BCUT2D eigenvalue weighted by atomic mass is 32.2. The van der Waals surface area contributed by atoms with E-state index in [4.69, 9.17) is 4.74 Å². The number of carbonyl (C=O) groups excluding carboxylic acids is 1. The Morgan fingerprint density at radius 3 is 2.31 bits per heavy atom. The van der Waals surface area contributed by atoms with Crippen LogP contribution in [0.4, 0.5) is 26.2 Å². The first-order valence-corrected chi connectivity index (χ1v) is 15.3. The third-order valence-corrected chi connectivity index (χ3v) is 7.40. The highest BCUT2D eigenvalue weighted by Crippen LogP contribution is 2.26. The molecule has 0 radical (unpaired) electrons. The van der Waals surface area contributed by atoms with Crippen molar-refractivity contribution in [2.75, 3.05) is 34.3 Å². The van der Waals surface area contributed by atoms with Crippen molar-refractivity contribution < 1.29 is 22.3 Å². The zero-order chi connectivity index (χ0) is 29.7. The molecule has 0 aliphatic carbocycles. The number of pyridine rings is 1. The first-order valence-electron chi connectivity index (χ1n) is 13.4. The number of hydrogen-bond donors (Lipinski definition) is 2. The van der Waals surface area contributed by atoms with E-state index in [1.54, 1.807) is 52.3 Å². The standard InChI is InChI=1S/C29H32FN7O4S/c1-35-20-26(18-32-35)37(29(38)33-23-6-4-22(30)5-7-23)25-13-15-36(16-14-25)19-21-3-12-28(31-17-21)41-27-10-8-24(9-11-27)34-42(2,39)40/h3-12,17-18,20,25,34H,13-16,19H2,1-2H3,(H,33,38). The Bertz CT molecular complexity index is 1600. The molecule has 5 rings (SSSR count). The molecule has 2 aromatic carbocycles. The van der Waals surface area contributed by atoms with Crippen LogP contribution in [0.1, 0.15) is 18.4 Å². The molecule has 1 fully saturated rings. The zero-order valence-electron chi connectivity index (χ0n) is 23.3. The predicted octanol–water partition coefficient (Wildman–Crippen LogP) is 4.82. The van der Waals surface area contributed by atoms with Crippen LogP contribution in [0, 0.1) is 5.82 Å².